The number of phenolic OH excluding ortho intramolecular Hbond substituents is 2. The Balaban J connectivity index is 1.33. The third kappa shape index (κ3) is 5.62. The number of benzene rings is 4. The van der Waals surface area contributed by atoms with Gasteiger partial charge in [-0.05, 0) is 38.1 Å². The number of nitrogens with zero attached hydrogens (tertiary/aromatic N) is 2. The summed E-state index contributed by atoms with van der Waals surface area (Å²) < 4.78 is 0. The Bertz CT molecular complexity index is 1230. The summed E-state index contributed by atoms with van der Waals surface area (Å²) in [5, 5.41) is 22.3. The lowest BCUT2D eigenvalue weighted by Crippen LogP contribution is -2.50. The summed E-state index contributed by atoms with van der Waals surface area (Å²) in [7, 11) is 4.36. The zero-order valence-corrected chi connectivity index (χ0v) is 22.4. The smallest absolute Gasteiger partial charge is 0.127 e. The van der Waals surface area contributed by atoms with E-state index in [1.807, 2.05) is 97.1 Å². The van der Waals surface area contributed by atoms with E-state index < -0.39 is 0 Å². The maximum atomic E-state index is 11.1. The molecule has 4 aromatic carbocycles. The van der Waals surface area contributed by atoms with Gasteiger partial charge in [-0.1, -0.05) is 110 Å². The zero-order valence-electron chi connectivity index (χ0n) is 22.4. The lowest BCUT2D eigenvalue weighted by molar-refractivity contribution is 0.0685. The fourth-order valence-electron chi connectivity index (χ4n) is 6.03. The van der Waals surface area contributed by atoms with Crippen LogP contribution in [0, 0.1) is 0 Å². The average Bonchev–Trinajstić information content (AvgIpc) is 2.96. The summed E-state index contributed by atoms with van der Waals surface area (Å²) in [6, 6.07) is 33.0. The molecule has 1 saturated carbocycles. The van der Waals surface area contributed by atoms with Crippen LogP contribution in [0.4, 0.5) is 0 Å². The van der Waals surface area contributed by atoms with Crippen molar-refractivity contribution in [1.82, 2.24) is 9.80 Å². The second-order valence-electron chi connectivity index (χ2n) is 10.6. The monoisotopic (exact) mass is 506 g/mol. The van der Waals surface area contributed by atoms with E-state index in [-0.39, 0.29) is 0 Å². The number of para-hydroxylation sites is 2. The Morgan fingerprint density at radius 2 is 0.947 bits per heavy atom. The highest BCUT2D eigenvalue weighted by Crippen LogP contribution is 2.36. The molecule has 5 rings (SSSR count). The molecule has 0 heterocycles. The summed E-state index contributed by atoms with van der Waals surface area (Å²) in [6.07, 6.45) is 4.68. The molecule has 0 aliphatic heterocycles. The van der Waals surface area contributed by atoms with Gasteiger partial charge in [0.25, 0.3) is 0 Å². The molecule has 4 heteroatoms. The van der Waals surface area contributed by atoms with Crippen LogP contribution >= 0.6 is 0 Å². The van der Waals surface area contributed by atoms with Crippen molar-refractivity contribution in [2.24, 2.45) is 0 Å². The average molecular weight is 507 g/mol. The first kappa shape index (κ1) is 26.0. The molecule has 0 aromatic heterocycles. The molecule has 0 saturated heterocycles. The molecule has 1 fully saturated rings. The highest BCUT2D eigenvalue weighted by Gasteiger charge is 2.32. The molecule has 2 atom stereocenters. The van der Waals surface area contributed by atoms with Gasteiger partial charge in [0, 0.05) is 47.4 Å². The van der Waals surface area contributed by atoms with Gasteiger partial charge in [0.15, 0.2) is 0 Å². The Morgan fingerprint density at radius 3 is 1.34 bits per heavy atom. The van der Waals surface area contributed by atoms with Gasteiger partial charge in [0.2, 0.25) is 0 Å². The second kappa shape index (κ2) is 11.8. The Hall–Kier alpha value is -3.60. The minimum Gasteiger partial charge on any atom is -0.507 e. The van der Waals surface area contributed by atoms with Crippen molar-refractivity contribution in [1.29, 1.82) is 0 Å². The van der Waals surface area contributed by atoms with Gasteiger partial charge in [-0.25, -0.2) is 0 Å². The fourth-order valence-corrected chi connectivity index (χ4v) is 6.03. The van der Waals surface area contributed by atoms with Crippen LogP contribution in [0.5, 0.6) is 11.5 Å². The van der Waals surface area contributed by atoms with Gasteiger partial charge in [-0.2, -0.15) is 0 Å². The molecule has 4 aromatic rings. The molecule has 0 radical (unpaired) electrons. The van der Waals surface area contributed by atoms with E-state index in [0.29, 0.717) is 36.7 Å². The van der Waals surface area contributed by atoms with E-state index in [1.54, 1.807) is 0 Å². The molecule has 38 heavy (non-hydrogen) atoms. The molecule has 2 N–H and O–H groups in total. The predicted molar refractivity (Wildman–Crippen MR) is 156 cm³/mol. The topological polar surface area (TPSA) is 46.9 Å². The standard InChI is InChI=1S/C34H38N2O2/c1-35(23-27-17-11-19-29(33(27)37)25-13-5-3-6-14-25)31-21-9-10-22-32(31)36(2)24-28-18-12-20-30(34(28)38)26-15-7-4-8-16-26/h3-8,11-20,31-32,37-38H,9-10,21-24H2,1-2H3/t31-,32?/m1/s1. The third-order valence-corrected chi connectivity index (χ3v) is 8.07. The number of phenols is 2. The predicted octanol–water partition coefficient (Wildman–Crippen LogP) is 7.31. The molecule has 196 valence electrons. The highest BCUT2D eigenvalue weighted by atomic mass is 16.3. The summed E-state index contributed by atoms with van der Waals surface area (Å²) in [4.78, 5) is 4.81. The van der Waals surface area contributed by atoms with Gasteiger partial charge in [-0.15, -0.1) is 0 Å². The molecule has 0 amide bonds. The van der Waals surface area contributed by atoms with E-state index in [2.05, 4.69) is 23.9 Å². The normalized spacial score (nSPS) is 17.7. The fraction of sp³-hybridized carbons (Fsp3) is 0.294. The Kier molecular flexibility index (Phi) is 8.11. The Morgan fingerprint density at radius 1 is 0.553 bits per heavy atom. The summed E-state index contributed by atoms with van der Waals surface area (Å²) in [6.45, 7) is 1.38. The van der Waals surface area contributed by atoms with Crippen LogP contribution in [0.3, 0.4) is 0 Å². The number of hydrogen-bond donors (Lipinski definition) is 2. The van der Waals surface area contributed by atoms with Crippen molar-refractivity contribution < 1.29 is 10.2 Å². The van der Waals surface area contributed by atoms with Crippen molar-refractivity contribution >= 4 is 0 Å². The minimum absolute atomic E-state index is 0.369. The van der Waals surface area contributed by atoms with Crippen LogP contribution in [0.15, 0.2) is 97.1 Å². The molecule has 1 unspecified atom stereocenters. The van der Waals surface area contributed by atoms with E-state index in [0.717, 1.165) is 46.2 Å². The number of aromatic hydroxyl groups is 2. The van der Waals surface area contributed by atoms with Crippen molar-refractivity contribution in [3.63, 3.8) is 0 Å². The molecule has 1 aliphatic carbocycles. The van der Waals surface area contributed by atoms with E-state index in [1.165, 1.54) is 12.8 Å². The van der Waals surface area contributed by atoms with Crippen LogP contribution < -0.4 is 0 Å². The molecule has 0 spiro atoms. The summed E-state index contributed by atoms with van der Waals surface area (Å²) in [5.41, 5.74) is 5.72. The number of rotatable bonds is 8. The van der Waals surface area contributed by atoms with Crippen LogP contribution in [0.2, 0.25) is 0 Å². The molecular weight excluding hydrogens is 468 g/mol. The third-order valence-electron chi connectivity index (χ3n) is 8.07. The van der Waals surface area contributed by atoms with Gasteiger partial charge < -0.3 is 10.2 Å². The molecule has 0 bridgehead atoms. The van der Waals surface area contributed by atoms with Crippen LogP contribution in [0.25, 0.3) is 22.3 Å². The minimum atomic E-state index is 0.369. The quantitative estimate of drug-likeness (QED) is 0.263. The van der Waals surface area contributed by atoms with Crippen LogP contribution in [-0.4, -0.2) is 46.2 Å². The Labute approximate surface area is 226 Å². The van der Waals surface area contributed by atoms with E-state index in [9.17, 15) is 10.2 Å². The molecular formula is C34H38N2O2. The van der Waals surface area contributed by atoms with Crippen LogP contribution in [-0.2, 0) is 13.1 Å². The van der Waals surface area contributed by atoms with Crippen molar-refractivity contribution in [3.05, 3.63) is 108 Å². The molecule has 1 aliphatic rings. The van der Waals surface area contributed by atoms with E-state index >= 15 is 0 Å². The lowest BCUT2D eigenvalue weighted by atomic mass is 9.87. The van der Waals surface area contributed by atoms with Crippen LogP contribution in [0.1, 0.15) is 36.8 Å². The maximum Gasteiger partial charge on any atom is 0.127 e. The SMILES string of the molecule is CN(Cc1cccc(-c2ccccc2)c1O)C1CCCC[C@H]1N(C)Cc1cccc(-c2ccccc2)c1O. The first-order chi connectivity index (χ1) is 18.5. The van der Waals surface area contributed by atoms with Crippen molar-refractivity contribution in [2.45, 2.75) is 50.9 Å². The van der Waals surface area contributed by atoms with Crippen molar-refractivity contribution in [3.8, 4) is 33.8 Å². The van der Waals surface area contributed by atoms with Gasteiger partial charge >= 0.3 is 0 Å². The van der Waals surface area contributed by atoms with Crippen molar-refractivity contribution in [2.75, 3.05) is 14.1 Å². The lowest BCUT2D eigenvalue weighted by Gasteiger charge is -2.43. The maximum absolute atomic E-state index is 11.1. The molecule has 4 nitrogen and oxygen atoms in total. The van der Waals surface area contributed by atoms with E-state index in [4.69, 9.17) is 0 Å². The summed E-state index contributed by atoms with van der Waals surface area (Å²) >= 11 is 0. The zero-order chi connectivity index (χ0) is 26.5. The van der Waals surface area contributed by atoms with Gasteiger partial charge in [-0.3, -0.25) is 9.80 Å². The second-order valence-corrected chi connectivity index (χ2v) is 10.6. The highest BCUT2D eigenvalue weighted by molar-refractivity contribution is 5.72. The first-order valence-electron chi connectivity index (χ1n) is 13.7. The largest absolute Gasteiger partial charge is 0.507 e. The number of likely N-dealkylation sites (N-methyl/N-ethyl adjacent to an activating group) is 2. The number of hydrogen-bond acceptors (Lipinski definition) is 4. The van der Waals surface area contributed by atoms with Gasteiger partial charge in [0.1, 0.15) is 11.5 Å². The summed E-state index contributed by atoms with van der Waals surface area (Å²) in [5.74, 6) is 0.739. The first-order valence-corrected chi connectivity index (χ1v) is 13.7. The van der Waals surface area contributed by atoms with Gasteiger partial charge in [0.05, 0.1) is 0 Å².